The van der Waals surface area contributed by atoms with Gasteiger partial charge in [-0.1, -0.05) is 19.1 Å². The predicted molar refractivity (Wildman–Crippen MR) is 61.5 cm³/mol. The van der Waals surface area contributed by atoms with Crippen LogP contribution in [0.15, 0.2) is 24.3 Å². The molecule has 0 bridgehead atoms. The highest BCUT2D eigenvalue weighted by Crippen LogP contribution is 2.23. The molecule has 1 rings (SSSR count). The van der Waals surface area contributed by atoms with Crippen LogP contribution in [0, 0.1) is 5.92 Å². The van der Waals surface area contributed by atoms with Crippen molar-refractivity contribution in [3.8, 4) is 5.75 Å². The Hall–Kier alpha value is -1.22. The normalized spacial score (nSPS) is 11.9. The predicted octanol–water partition coefficient (Wildman–Crippen LogP) is 2.51. The van der Waals surface area contributed by atoms with Crippen LogP contribution in [0.1, 0.15) is 6.92 Å². The third kappa shape index (κ3) is 3.13. The van der Waals surface area contributed by atoms with Crippen LogP contribution in [-0.4, -0.2) is 18.9 Å². The van der Waals surface area contributed by atoms with E-state index in [0.29, 0.717) is 17.3 Å². The quantitative estimate of drug-likeness (QED) is 0.803. The molecule has 0 aliphatic rings. The highest BCUT2D eigenvalue weighted by Gasteiger charge is 2.13. The Bertz CT molecular complexity index is 341. The van der Waals surface area contributed by atoms with Gasteiger partial charge in [-0.2, -0.15) is 0 Å². The Morgan fingerprint density at radius 1 is 1.53 bits per heavy atom. The minimum absolute atomic E-state index is 0.102. The van der Waals surface area contributed by atoms with Crippen molar-refractivity contribution in [1.29, 1.82) is 0 Å². The molecule has 0 radical (unpaired) electrons. The third-order valence-corrected chi connectivity index (χ3v) is 2.51. The summed E-state index contributed by atoms with van der Waals surface area (Å²) in [6.45, 7) is 1.78. The Kier molecular flexibility index (Phi) is 4.43. The molecular formula is C11H14ClNO2. The van der Waals surface area contributed by atoms with Crippen LogP contribution in [0.4, 0.5) is 5.69 Å². The zero-order chi connectivity index (χ0) is 11.3. The van der Waals surface area contributed by atoms with E-state index in [1.165, 1.54) is 0 Å². The summed E-state index contributed by atoms with van der Waals surface area (Å²) in [5.74, 6) is 0.639. The first-order chi connectivity index (χ1) is 7.19. The summed E-state index contributed by atoms with van der Waals surface area (Å²) in [6, 6.07) is 7.27. The molecule has 0 aliphatic carbocycles. The fraction of sp³-hybridized carbons (Fsp3) is 0.364. The van der Waals surface area contributed by atoms with Crippen LogP contribution in [-0.2, 0) is 4.79 Å². The second kappa shape index (κ2) is 5.61. The fourth-order valence-corrected chi connectivity index (χ4v) is 1.21. The lowest BCUT2D eigenvalue weighted by Crippen LogP contribution is -2.21. The number of para-hydroxylation sites is 2. The first-order valence-electron chi connectivity index (χ1n) is 4.69. The average molecular weight is 228 g/mol. The third-order valence-electron chi connectivity index (χ3n) is 2.04. The highest BCUT2D eigenvalue weighted by molar-refractivity contribution is 6.19. The Balaban J connectivity index is 2.76. The molecule has 82 valence electrons. The molecule has 1 amide bonds. The molecule has 0 saturated heterocycles. The molecule has 0 fully saturated rings. The van der Waals surface area contributed by atoms with Crippen molar-refractivity contribution in [1.82, 2.24) is 0 Å². The number of hydrogen-bond acceptors (Lipinski definition) is 2. The van der Waals surface area contributed by atoms with Crippen LogP contribution in [0.3, 0.4) is 0 Å². The van der Waals surface area contributed by atoms with Gasteiger partial charge in [-0.15, -0.1) is 11.6 Å². The first-order valence-corrected chi connectivity index (χ1v) is 5.22. The van der Waals surface area contributed by atoms with Crippen molar-refractivity contribution in [2.75, 3.05) is 18.3 Å². The van der Waals surface area contributed by atoms with Gasteiger partial charge in [0.25, 0.3) is 0 Å². The number of alkyl halides is 1. The van der Waals surface area contributed by atoms with E-state index < -0.39 is 0 Å². The van der Waals surface area contributed by atoms with Crippen molar-refractivity contribution >= 4 is 23.2 Å². The Labute approximate surface area is 94.4 Å². The van der Waals surface area contributed by atoms with Gasteiger partial charge in [0, 0.05) is 11.8 Å². The average Bonchev–Trinajstić information content (AvgIpc) is 2.28. The maximum atomic E-state index is 11.6. The molecule has 0 spiro atoms. The summed E-state index contributed by atoms with van der Waals surface area (Å²) in [4.78, 5) is 11.6. The Morgan fingerprint density at radius 2 is 2.20 bits per heavy atom. The summed E-state index contributed by atoms with van der Waals surface area (Å²) in [5, 5.41) is 2.76. The van der Waals surface area contributed by atoms with E-state index in [1.807, 2.05) is 12.1 Å². The largest absolute Gasteiger partial charge is 0.495 e. The zero-order valence-electron chi connectivity index (χ0n) is 8.79. The SMILES string of the molecule is COc1ccccc1NC(=O)C(C)CCl. The van der Waals surface area contributed by atoms with Crippen molar-refractivity contribution in [2.45, 2.75) is 6.92 Å². The number of carbonyl (C=O) groups excluding carboxylic acids is 1. The summed E-state index contributed by atoms with van der Waals surface area (Å²) < 4.78 is 5.11. The van der Waals surface area contributed by atoms with Crippen molar-refractivity contribution < 1.29 is 9.53 Å². The van der Waals surface area contributed by atoms with E-state index >= 15 is 0 Å². The lowest BCUT2D eigenvalue weighted by atomic mass is 10.2. The Morgan fingerprint density at radius 3 is 2.80 bits per heavy atom. The molecule has 1 N–H and O–H groups in total. The van der Waals surface area contributed by atoms with Gasteiger partial charge in [0.2, 0.25) is 5.91 Å². The van der Waals surface area contributed by atoms with Crippen LogP contribution >= 0.6 is 11.6 Å². The summed E-state index contributed by atoms with van der Waals surface area (Å²) >= 11 is 5.59. The molecule has 0 heterocycles. The number of methoxy groups -OCH3 is 1. The number of benzene rings is 1. The maximum Gasteiger partial charge on any atom is 0.228 e. The van der Waals surface area contributed by atoms with E-state index in [9.17, 15) is 4.79 Å². The molecule has 0 aliphatic heterocycles. The minimum Gasteiger partial charge on any atom is -0.495 e. The van der Waals surface area contributed by atoms with E-state index in [1.54, 1.807) is 26.2 Å². The maximum absolute atomic E-state index is 11.6. The fourth-order valence-electron chi connectivity index (χ4n) is 1.07. The number of nitrogens with one attached hydrogen (secondary N) is 1. The van der Waals surface area contributed by atoms with Crippen LogP contribution in [0.5, 0.6) is 5.75 Å². The zero-order valence-corrected chi connectivity index (χ0v) is 9.54. The van der Waals surface area contributed by atoms with Gasteiger partial charge in [-0.05, 0) is 12.1 Å². The molecule has 1 atom stereocenters. The lowest BCUT2D eigenvalue weighted by Gasteiger charge is -2.12. The topological polar surface area (TPSA) is 38.3 Å². The smallest absolute Gasteiger partial charge is 0.228 e. The molecule has 0 aromatic heterocycles. The van der Waals surface area contributed by atoms with Crippen LogP contribution in [0.25, 0.3) is 0 Å². The summed E-state index contributed by atoms with van der Waals surface area (Å²) in [5.41, 5.74) is 0.668. The standard InChI is InChI=1S/C11H14ClNO2/c1-8(7-12)11(14)13-9-5-3-4-6-10(9)15-2/h3-6,8H,7H2,1-2H3,(H,13,14). The molecule has 1 unspecified atom stereocenters. The molecular weight excluding hydrogens is 214 g/mol. The summed E-state index contributed by atoms with van der Waals surface area (Å²) in [6.07, 6.45) is 0. The number of anilines is 1. The highest BCUT2D eigenvalue weighted by atomic mass is 35.5. The first kappa shape index (κ1) is 11.9. The number of hydrogen-bond donors (Lipinski definition) is 1. The molecule has 15 heavy (non-hydrogen) atoms. The number of amides is 1. The van der Waals surface area contributed by atoms with E-state index in [4.69, 9.17) is 16.3 Å². The molecule has 1 aromatic carbocycles. The van der Waals surface area contributed by atoms with Gasteiger partial charge in [0.1, 0.15) is 5.75 Å². The number of halogens is 1. The van der Waals surface area contributed by atoms with Crippen molar-refractivity contribution in [3.63, 3.8) is 0 Å². The van der Waals surface area contributed by atoms with Crippen molar-refractivity contribution in [2.24, 2.45) is 5.92 Å². The second-order valence-electron chi connectivity index (χ2n) is 3.24. The monoisotopic (exact) mass is 227 g/mol. The molecule has 4 heteroatoms. The number of ether oxygens (including phenoxy) is 1. The molecule has 1 aromatic rings. The van der Waals surface area contributed by atoms with Gasteiger partial charge < -0.3 is 10.1 Å². The van der Waals surface area contributed by atoms with E-state index in [2.05, 4.69) is 5.32 Å². The minimum atomic E-state index is -0.212. The molecule has 0 saturated carbocycles. The second-order valence-corrected chi connectivity index (χ2v) is 3.55. The van der Waals surface area contributed by atoms with Gasteiger partial charge in [0.15, 0.2) is 0 Å². The van der Waals surface area contributed by atoms with Crippen molar-refractivity contribution in [3.05, 3.63) is 24.3 Å². The lowest BCUT2D eigenvalue weighted by molar-refractivity contribution is -0.118. The van der Waals surface area contributed by atoms with Gasteiger partial charge in [0.05, 0.1) is 12.8 Å². The summed E-state index contributed by atoms with van der Waals surface area (Å²) in [7, 11) is 1.57. The van der Waals surface area contributed by atoms with Gasteiger partial charge in [-0.25, -0.2) is 0 Å². The van der Waals surface area contributed by atoms with Gasteiger partial charge >= 0.3 is 0 Å². The number of carbonyl (C=O) groups is 1. The molecule has 3 nitrogen and oxygen atoms in total. The van der Waals surface area contributed by atoms with Gasteiger partial charge in [-0.3, -0.25) is 4.79 Å². The van der Waals surface area contributed by atoms with Crippen LogP contribution < -0.4 is 10.1 Å². The van der Waals surface area contributed by atoms with Crippen LogP contribution in [0.2, 0.25) is 0 Å². The van der Waals surface area contributed by atoms with E-state index in [-0.39, 0.29) is 11.8 Å². The van der Waals surface area contributed by atoms with E-state index in [0.717, 1.165) is 0 Å². The number of rotatable bonds is 4.